The molecule has 0 spiro atoms. The molecule has 2 aromatic rings. The van der Waals surface area contributed by atoms with Crippen LogP contribution in [-0.4, -0.2) is 26.3 Å². The summed E-state index contributed by atoms with van der Waals surface area (Å²) in [5, 5.41) is 3.86. The van der Waals surface area contributed by atoms with Crippen molar-refractivity contribution in [3.8, 4) is 11.5 Å². The Bertz CT molecular complexity index is 684. The third-order valence-electron chi connectivity index (χ3n) is 2.89. The van der Waals surface area contributed by atoms with Gasteiger partial charge in [0.2, 0.25) is 0 Å². The average Bonchev–Trinajstić information content (AvgIpc) is 2.55. The van der Waals surface area contributed by atoms with E-state index >= 15 is 0 Å². The lowest BCUT2D eigenvalue weighted by Crippen LogP contribution is -2.17. The van der Waals surface area contributed by atoms with E-state index in [-0.39, 0.29) is 0 Å². The highest BCUT2D eigenvalue weighted by Crippen LogP contribution is 2.26. The maximum Gasteiger partial charge on any atom is 0.271 e. The second kappa shape index (κ2) is 7.21. The molecule has 1 N–H and O–H groups in total. The van der Waals surface area contributed by atoms with Crippen molar-refractivity contribution in [2.24, 2.45) is 5.10 Å². The second-order valence-electron chi connectivity index (χ2n) is 4.32. The van der Waals surface area contributed by atoms with Crippen LogP contribution < -0.4 is 14.9 Å². The molecule has 0 saturated heterocycles. The predicted molar refractivity (Wildman–Crippen MR) is 81.0 cm³/mol. The Morgan fingerprint density at radius 2 is 1.77 bits per heavy atom. The van der Waals surface area contributed by atoms with Crippen molar-refractivity contribution in [3.05, 3.63) is 59.4 Å². The molecule has 0 atom stereocenters. The summed E-state index contributed by atoms with van der Waals surface area (Å²) in [6, 6.07) is 10.4. The molecule has 0 fully saturated rings. The van der Waals surface area contributed by atoms with Crippen LogP contribution in [0, 0.1) is 5.82 Å². The number of methoxy groups -OCH3 is 2. The van der Waals surface area contributed by atoms with Gasteiger partial charge in [-0.2, -0.15) is 5.10 Å². The normalized spacial score (nSPS) is 10.5. The monoisotopic (exact) mass is 302 g/mol. The van der Waals surface area contributed by atoms with Gasteiger partial charge >= 0.3 is 0 Å². The van der Waals surface area contributed by atoms with Crippen molar-refractivity contribution in [2.45, 2.75) is 0 Å². The third-order valence-corrected chi connectivity index (χ3v) is 2.89. The van der Waals surface area contributed by atoms with Crippen LogP contribution in [0.5, 0.6) is 11.5 Å². The molecule has 0 unspecified atom stereocenters. The molecular weight excluding hydrogens is 287 g/mol. The van der Waals surface area contributed by atoms with E-state index in [9.17, 15) is 9.18 Å². The molecule has 0 saturated carbocycles. The van der Waals surface area contributed by atoms with Gasteiger partial charge in [-0.25, -0.2) is 9.82 Å². The number of hydrogen-bond acceptors (Lipinski definition) is 4. The Balaban J connectivity index is 2.03. The fourth-order valence-electron chi connectivity index (χ4n) is 1.76. The van der Waals surface area contributed by atoms with Crippen molar-refractivity contribution in [3.63, 3.8) is 0 Å². The van der Waals surface area contributed by atoms with Crippen molar-refractivity contribution >= 4 is 12.1 Å². The van der Waals surface area contributed by atoms with Gasteiger partial charge in [-0.05, 0) is 48.0 Å². The molecule has 0 aliphatic rings. The quantitative estimate of drug-likeness (QED) is 0.682. The average molecular weight is 302 g/mol. The number of rotatable bonds is 5. The van der Waals surface area contributed by atoms with Crippen molar-refractivity contribution < 1.29 is 18.7 Å². The molecule has 114 valence electrons. The van der Waals surface area contributed by atoms with E-state index in [4.69, 9.17) is 9.47 Å². The second-order valence-corrected chi connectivity index (χ2v) is 4.32. The van der Waals surface area contributed by atoms with E-state index in [1.165, 1.54) is 37.6 Å². The number of hydrazone groups is 1. The summed E-state index contributed by atoms with van der Waals surface area (Å²) in [7, 11) is 3.09. The van der Waals surface area contributed by atoms with Gasteiger partial charge in [0.15, 0.2) is 11.5 Å². The first-order valence-corrected chi connectivity index (χ1v) is 6.45. The summed E-state index contributed by atoms with van der Waals surface area (Å²) in [6.45, 7) is 0. The minimum Gasteiger partial charge on any atom is -0.493 e. The Morgan fingerprint density at radius 3 is 2.41 bits per heavy atom. The first-order chi connectivity index (χ1) is 10.6. The van der Waals surface area contributed by atoms with Crippen LogP contribution >= 0.6 is 0 Å². The Labute approximate surface area is 127 Å². The van der Waals surface area contributed by atoms with Crippen LogP contribution in [0.4, 0.5) is 4.39 Å². The minimum absolute atomic E-state index is 0.325. The van der Waals surface area contributed by atoms with Gasteiger partial charge in [-0.3, -0.25) is 4.79 Å². The molecule has 6 heteroatoms. The molecule has 2 rings (SSSR count). The van der Waals surface area contributed by atoms with E-state index in [0.29, 0.717) is 17.1 Å². The molecule has 1 amide bonds. The lowest BCUT2D eigenvalue weighted by atomic mass is 10.2. The molecule has 22 heavy (non-hydrogen) atoms. The summed E-state index contributed by atoms with van der Waals surface area (Å²) >= 11 is 0. The van der Waals surface area contributed by atoms with Crippen LogP contribution in [0.3, 0.4) is 0 Å². The minimum atomic E-state index is -0.420. The standard InChI is InChI=1S/C16H15FN2O3/c1-21-14-8-3-11(9-15(14)22-2)10-18-19-16(20)12-4-6-13(17)7-5-12/h3-10H,1-2H3,(H,19,20)/b18-10+. The number of hydrogen-bond donors (Lipinski definition) is 1. The van der Waals surface area contributed by atoms with E-state index < -0.39 is 11.7 Å². The number of benzene rings is 2. The Hall–Kier alpha value is -2.89. The van der Waals surface area contributed by atoms with Gasteiger partial charge in [-0.15, -0.1) is 0 Å². The van der Waals surface area contributed by atoms with Crippen molar-refractivity contribution in [2.75, 3.05) is 14.2 Å². The number of nitrogens with one attached hydrogen (secondary N) is 1. The summed E-state index contributed by atoms with van der Waals surface area (Å²) < 4.78 is 23.1. The number of carbonyl (C=O) groups is 1. The van der Waals surface area contributed by atoms with Crippen LogP contribution in [0.25, 0.3) is 0 Å². The third kappa shape index (κ3) is 3.82. The number of carbonyl (C=O) groups excluding carboxylic acids is 1. The SMILES string of the molecule is COc1ccc(/C=N/NC(=O)c2ccc(F)cc2)cc1OC. The van der Waals surface area contributed by atoms with Crippen molar-refractivity contribution in [1.82, 2.24) is 5.43 Å². The summed E-state index contributed by atoms with van der Waals surface area (Å²) in [5.41, 5.74) is 3.43. The van der Waals surface area contributed by atoms with Crippen LogP contribution in [0.1, 0.15) is 15.9 Å². The largest absolute Gasteiger partial charge is 0.493 e. The summed E-state index contributed by atoms with van der Waals surface area (Å²) in [6.07, 6.45) is 1.48. The van der Waals surface area contributed by atoms with Gasteiger partial charge in [0, 0.05) is 5.56 Å². The maximum atomic E-state index is 12.8. The first-order valence-electron chi connectivity index (χ1n) is 6.45. The fourth-order valence-corrected chi connectivity index (χ4v) is 1.76. The molecule has 0 bridgehead atoms. The molecule has 0 aromatic heterocycles. The van der Waals surface area contributed by atoms with Gasteiger partial charge in [0.1, 0.15) is 5.82 Å². The first kappa shape index (κ1) is 15.5. The van der Waals surface area contributed by atoms with Crippen LogP contribution in [-0.2, 0) is 0 Å². The molecule has 2 aromatic carbocycles. The molecular formula is C16H15FN2O3. The highest BCUT2D eigenvalue weighted by molar-refractivity contribution is 5.94. The summed E-state index contributed by atoms with van der Waals surface area (Å²) in [5.74, 6) is 0.355. The lowest BCUT2D eigenvalue weighted by Gasteiger charge is -2.07. The zero-order valence-corrected chi connectivity index (χ0v) is 12.2. The van der Waals surface area contributed by atoms with E-state index in [1.807, 2.05) is 0 Å². The predicted octanol–water partition coefficient (Wildman–Crippen LogP) is 2.61. The number of halogens is 1. The Kier molecular flexibility index (Phi) is 5.08. The summed E-state index contributed by atoms with van der Waals surface area (Å²) in [4.78, 5) is 11.8. The lowest BCUT2D eigenvalue weighted by molar-refractivity contribution is 0.0955. The van der Waals surface area contributed by atoms with E-state index in [0.717, 1.165) is 5.56 Å². The van der Waals surface area contributed by atoms with Crippen LogP contribution in [0.2, 0.25) is 0 Å². The van der Waals surface area contributed by atoms with Gasteiger partial charge in [-0.1, -0.05) is 0 Å². The maximum absolute atomic E-state index is 12.8. The molecule has 0 aliphatic heterocycles. The fraction of sp³-hybridized carbons (Fsp3) is 0.125. The van der Waals surface area contributed by atoms with Crippen molar-refractivity contribution in [1.29, 1.82) is 0 Å². The Morgan fingerprint density at radius 1 is 1.09 bits per heavy atom. The number of nitrogens with zero attached hydrogens (tertiary/aromatic N) is 1. The van der Waals surface area contributed by atoms with Gasteiger partial charge < -0.3 is 9.47 Å². The molecule has 5 nitrogen and oxygen atoms in total. The van der Waals surface area contributed by atoms with Gasteiger partial charge in [0.05, 0.1) is 20.4 Å². The molecule has 0 radical (unpaired) electrons. The van der Waals surface area contributed by atoms with Crippen LogP contribution in [0.15, 0.2) is 47.6 Å². The zero-order valence-electron chi connectivity index (χ0n) is 12.2. The number of amides is 1. The van der Waals surface area contributed by atoms with Gasteiger partial charge in [0.25, 0.3) is 5.91 Å². The highest BCUT2D eigenvalue weighted by atomic mass is 19.1. The molecule has 0 heterocycles. The highest BCUT2D eigenvalue weighted by Gasteiger charge is 2.05. The van der Waals surface area contributed by atoms with E-state index in [1.54, 1.807) is 25.3 Å². The van der Waals surface area contributed by atoms with E-state index in [2.05, 4.69) is 10.5 Å². The molecule has 0 aliphatic carbocycles. The number of ether oxygens (including phenoxy) is 2. The zero-order chi connectivity index (χ0) is 15.9. The smallest absolute Gasteiger partial charge is 0.271 e. The topological polar surface area (TPSA) is 59.9 Å².